The molecule has 0 aliphatic carbocycles. The van der Waals surface area contributed by atoms with Crippen molar-refractivity contribution in [3.05, 3.63) is 0 Å². The van der Waals surface area contributed by atoms with Gasteiger partial charge in [-0.25, -0.2) is 0 Å². The lowest BCUT2D eigenvalue weighted by atomic mass is 10.1. The van der Waals surface area contributed by atoms with E-state index >= 15 is 0 Å². The van der Waals surface area contributed by atoms with Gasteiger partial charge in [-0.05, 0) is 39.7 Å². The summed E-state index contributed by atoms with van der Waals surface area (Å²) >= 11 is 0. The van der Waals surface area contributed by atoms with Crippen molar-refractivity contribution in [3.8, 4) is 0 Å². The Morgan fingerprint density at radius 3 is 2.35 bits per heavy atom. The molecule has 5 heteroatoms. The van der Waals surface area contributed by atoms with Crippen LogP contribution in [-0.2, 0) is 14.3 Å². The highest BCUT2D eigenvalue weighted by molar-refractivity contribution is 5.76. The van der Waals surface area contributed by atoms with Gasteiger partial charge in [-0.15, -0.1) is 0 Å². The Labute approximate surface area is 123 Å². The molecule has 0 spiro atoms. The minimum atomic E-state index is -0.129. The summed E-state index contributed by atoms with van der Waals surface area (Å²) in [5, 5.41) is 3.30. The lowest BCUT2D eigenvalue weighted by Gasteiger charge is -2.26. The molecule has 1 N–H and O–H groups in total. The summed E-state index contributed by atoms with van der Waals surface area (Å²) in [6, 6.07) is 0. The number of nitrogens with one attached hydrogen (secondary N) is 1. The summed E-state index contributed by atoms with van der Waals surface area (Å²) in [5.74, 6) is 0.281. The normalized spacial score (nSPS) is 15.8. The van der Waals surface area contributed by atoms with Gasteiger partial charge in [0.15, 0.2) is 6.29 Å². The van der Waals surface area contributed by atoms with E-state index in [1.807, 2.05) is 18.7 Å². The third kappa shape index (κ3) is 7.22. The molecule has 0 aromatic heterocycles. The van der Waals surface area contributed by atoms with Crippen LogP contribution in [-0.4, -0.2) is 56.5 Å². The number of rotatable bonds is 10. The van der Waals surface area contributed by atoms with Crippen LogP contribution in [0.1, 0.15) is 46.0 Å². The second kappa shape index (κ2) is 11.1. The first-order valence-electron chi connectivity index (χ1n) is 7.99. The Bertz CT molecular complexity index is 250. The van der Waals surface area contributed by atoms with Crippen LogP contribution in [0.3, 0.4) is 0 Å². The predicted octanol–water partition coefficient (Wildman–Crippen LogP) is 1.77. The number of piperidine rings is 1. The Morgan fingerprint density at radius 2 is 1.75 bits per heavy atom. The first-order valence-corrected chi connectivity index (χ1v) is 7.99. The first-order chi connectivity index (χ1) is 9.77. The zero-order valence-corrected chi connectivity index (χ0v) is 13.0. The Kier molecular flexibility index (Phi) is 9.62. The zero-order valence-electron chi connectivity index (χ0n) is 13.0. The number of hydrogen-bond donors (Lipinski definition) is 1. The van der Waals surface area contributed by atoms with E-state index in [1.54, 1.807) is 0 Å². The maximum absolute atomic E-state index is 11.9. The van der Waals surface area contributed by atoms with Crippen LogP contribution in [0.2, 0.25) is 0 Å². The highest BCUT2D eigenvalue weighted by atomic mass is 16.7. The molecule has 1 fully saturated rings. The molecule has 1 rings (SSSR count). The third-order valence-corrected chi connectivity index (χ3v) is 3.49. The molecule has 0 bridgehead atoms. The van der Waals surface area contributed by atoms with Crippen LogP contribution in [0.4, 0.5) is 0 Å². The predicted molar refractivity (Wildman–Crippen MR) is 79.6 cm³/mol. The van der Waals surface area contributed by atoms with Gasteiger partial charge in [-0.2, -0.15) is 0 Å². The number of ether oxygens (including phenoxy) is 2. The van der Waals surface area contributed by atoms with Crippen molar-refractivity contribution >= 4 is 5.91 Å². The van der Waals surface area contributed by atoms with Gasteiger partial charge >= 0.3 is 0 Å². The fourth-order valence-corrected chi connectivity index (χ4v) is 2.43. The quantitative estimate of drug-likeness (QED) is 0.491. The van der Waals surface area contributed by atoms with Crippen molar-refractivity contribution in [2.24, 2.45) is 0 Å². The van der Waals surface area contributed by atoms with Crippen molar-refractivity contribution in [3.63, 3.8) is 0 Å². The molecule has 118 valence electrons. The topological polar surface area (TPSA) is 50.8 Å². The second-order valence-corrected chi connectivity index (χ2v) is 5.07. The average molecular weight is 286 g/mol. The fourth-order valence-electron chi connectivity index (χ4n) is 2.43. The van der Waals surface area contributed by atoms with Gasteiger partial charge in [-0.3, -0.25) is 4.79 Å². The molecule has 1 saturated heterocycles. The number of hydrogen-bond acceptors (Lipinski definition) is 4. The third-order valence-electron chi connectivity index (χ3n) is 3.49. The molecule has 5 nitrogen and oxygen atoms in total. The van der Waals surface area contributed by atoms with Crippen LogP contribution in [0.5, 0.6) is 0 Å². The minimum absolute atomic E-state index is 0.129. The SMILES string of the molecule is CCOC(CCNCCC(=O)N1CCCCC1)OCC. The van der Waals surface area contributed by atoms with Crippen LogP contribution < -0.4 is 5.32 Å². The second-order valence-electron chi connectivity index (χ2n) is 5.07. The molecule has 20 heavy (non-hydrogen) atoms. The lowest BCUT2D eigenvalue weighted by Crippen LogP contribution is -2.37. The van der Waals surface area contributed by atoms with E-state index in [0.29, 0.717) is 19.6 Å². The summed E-state index contributed by atoms with van der Waals surface area (Å²) in [4.78, 5) is 13.9. The van der Waals surface area contributed by atoms with E-state index in [1.165, 1.54) is 6.42 Å². The van der Waals surface area contributed by atoms with E-state index in [9.17, 15) is 4.79 Å². The fraction of sp³-hybridized carbons (Fsp3) is 0.933. The van der Waals surface area contributed by atoms with E-state index < -0.39 is 0 Å². The lowest BCUT2D eigenvalue weighted by molar-refractivity contribution is -0.138. The summed E-state index contributed by atoms with van der Waals surface area (Å²) < 4.78 is 10.9. The summed E-state index contributed by atoms with van der Waals surface area (Å²) in [6.45, 7) is 8.70. The molecule has 0 radical (unpaired) electrons. The molecule has 1 aliphatic heterocycles. The number of likely N-dealkylation sites (tertiary alicyclic amines) is 1. The maximum Gasteiger partial charge on any atom is 0.223 e. The standard InChI is InChI=1S/C15H30N2O3/c1-3-19-15(20-4-2)9-11-16-10-8-14(18)17-12-6-5-7-13-17/h15-16H,3-13H2,1-2H3. The number of carbonyl (C=O) groups is 1. The monoisotopic (exact) mass is 286 g/mol. The van der Waals surface area contributed by atoms with Crippen molar-refractivity contribution < 1.29 is 14.3 Å². The molecule has 1 aliphatic rings. The van der Waals surface area contributed by atoms with E-state index in [0.717, 1.165) is 45.4 Å². The maximum atomic E-state index is 11.9. The Hall–Kier alpha value is -0.650. The largest absolute Gasteiger partial charge is 0.353 e. The van der Waals surface area contributed by atoms with Gasteiger partial charge in [0.25, 0.3) is 0 Å². The van der Waals surface area contributed by atoms with Crippen molar-refractivity contribution in [1.29, 1.82) is 0 Å². The van der Waals surface area contributed by atoms with Crippen molar-refractivity contribution in [2.75, 3.05) is 39.4 Å². The Morgan fingerprint density at radius 1 is 1.10 bits per heavy atom. The van der Waals surface area contributed by atoms with Crippen molar-refractivity contribution in [2.45, 2.75) is 52.2 Å². The number of amides is 1. The number of nitrogens with zero attached hydrogens (tertiary/aromatic N) is 1. The summed E-state index contributed by atoms with van der Waals surface area (Å²) in [5.41, 5.74) is 0. The molecule has 0 unspecified atom stereocenters. The minimum Gasteiger partial charge on any atom is -0.353 e. The smallest absolute Gasteiger partial charge is 0.223 e. The van der Waals surface area contributed by atoms with E-state index in [4.69, 9.17) is 9.47 Å². The molecule has 0 aromatic rings. The van der Waals surface area contributed by atoms with E-state index in [-0.39, 0.29) is 12.2 Å². The van der Waals surface area contributed by atoms with Crippen LogP contribution in [0, 0.1) is 0 Å². The Balaban J connectivity index is 2.04. The van der Waals surface area contributed by atoms with Gasteiger partial charge in [0.05, 0.1) is 0 Å². The average Bonchev–Trinajstić information content (AvgIpc) is 2.48. The first kappa shape index (κ1) is 17.4. The van der Waals surface area contributed by atoms with Gasteiger partial charge < -0.3 is 19.7 Å². The van der Waals surface area contributed by atoms with Gasteiger partial charge in [0.2, 0.25) is 5.91 Å². The summed E-state index contributed by atoms with van der Waals surface area (Å²) in [7, 11) is 0. The molecule has 1 amide bonds. The highest BCUT2D eigenvalue weighted by Gasteiger charge is 2.15. The van der Waals surface area contributed by atoms with Gasteiger partial charge in [-0.1, -0.05) is 0 Å². The van der Waals surface area contributed by atoms with Crippen molar-refractivity contribution in [1.82, 2.24) is 10.2 Å². The van der Waals surface area contributed by atoms with Gasteiger partial charge in [0.1, 0.15) is 0 Å². The molecule has 0 aromatic carbocycles. The van der Waals surface area contributed by atoms with Gasteiger partial charge in [0, 0.05) is 45.7 Å². The number of carbonyl (C=O) groups excluding carboxylic acids is 1. The molecule has 0 atom stereocenters. The van der Waals surface area contributed by atoms with Crippen LogP contribution >= 0.6 is 0 Å². The van der Waals surface area contributed by atoms with E-state index in [2.05, 4.69) is 5.32 Å². The van der Waals surface area contributed by atoms with Crippen LogP contribution in [0.15, 0.2) is 0 Å². The molecular weight excluding hydrogens is 256 g/mol. The zero-order chi connectivity index (χ0) is 14.6. The molecule has 0 saturated carbocycles. The molecule has 1 heterocycles. The highest BCUT2D eigenvalue weighted by Crippen LogP contribution is 2.09. The van der Waals surface area contributed by atoms with Crippen LogP contribution in [0.25, 0.3) is 0 Å². The molecular formula is C15H30N2O3. The summed E-state index contributed by atoms with van der Waals surface area (Å²) in [6.07, 6.45) is 4.86.